The summed E-state index contributed by atoms with van der Waals surface area (Å²) in [6.07, 6.45) is 0.926. The second kappa shape index (κ2) is 8.15. The number of nitrogens with zero attached hydrogens (tertiary/aromatic N) is 1. The predicted octanol–water partition coefficient (Wildman–Crippen LogP) is 5.75. The number of rotatable bonds is 5. The number of aryl methyl sites for hydroxylation is 2. The van der Waals surface area contributed by atoms with Gasteiger partial charge >= 0.3 is 0 Å². The summed E-state index contributed by atoms with van der Waals surface area (Å²) in [5.41, 5.74) is 5.47. The van der Waals surface area contributed by atoms with Crippen molar-refractivity contribution in [1.82, 2.24) is 4.90 Å². The number of halogens is 1. The number of aliphatic hydroxyl groups is 1. The van der Waals surface area contributed by atoms with Crippen LogP contribution in [0.2, 0.25) is 0 Å². The van der Waals surface area contributed by atoms with E-state index in [0.29, 0.717) is 5.57 Å². The highest BCUT2D eigenvalue weighted by Crippen LogP contribution is 2.43. The highest BCUT2D eigenvalue weighted by Gasteiger charge is 2.40. The SMILES string of the molecule is CCc1ccc([C@@H]2C(c3ccc(C)cc3)=C(O)C(=O)N2Cc2ccc(F)cc2)cc1. The van der Waals surface area contributed by atoms with E-state index in [1.54, 1.807) is 17.0 Å². The quantitative estimate of drug-likeness (QED) is 0.591. The summed E-state index contributed by atoms with van der Waals surface area (Å²) < 4.78 is 13.3. The van der Waals surface area contributed by atoms with Gasteiger partial charge < -0.3 is 10.0 Å². The molecule has 1 atom stereocenters. The maximum absolute atomic E-state index is 13.3. The van der Waals surface area contributed by atoms with Crippen LogP contribution in [0.3, 0.4) is 0 Å². The smallest absolute Gasteiger partial charge is 0.290 e. The second-order valence-electron chi connectivity index (χ2n) is 7.69. The van der Waals surface area contributed by atoms with Gasteiger partial charge in [0.15, 0.2) is 5.76 Å². The Morgan fingerprint density at radius 2 is 1.50 bits per heavy atom. The van der Waals surface area contributed by atoms with Crippen LogP contribution in [0.4, 0.5) is 4.39 Å². The predicted molar refractivity (Wildman–Crippen MR) is 116 cm³/mol. The molecule has 0 fully saturated rings. The van der Waals surface area contributed by atoms with E-state index in [1.165, 1.54) is 17.7 Å². The molecule has 1 N–H and O–H groups in total. The molecular weight excluding hydrogens is 377 g/mol. The Kier molecular flexibility index (Phi) is 5.40. The number of carbonyl (C=O) groups is 1. The molecule has 0 unspecified atom stereocenters. The van der Waals surface area contributed by atoms with Crippen LogP contribution in [0.15, 0.2) is 78.6 Å². The fourth-order valence-electron chi connectivity index (χ4n) is 3.91. The molecule has 0 aromatic heterocycles. The van der Waals surface area contributed by atoms with Crippen LogP contribution >= 0.6 is 0 Å². The Balaban J connectivity index is 1.79. The Bertz CT molecular complexity index is 1080. The van der Waals surface area contributed by atoms with Crippen molar-refractivity contribution in [2.45, 2.75) is 32.9 Å². The first-order valence-corrected chi connectivity index (χ1v) is 10.1. The maximum atomic E-state index is 13.3. The van der Waals surface area contributed by atoms with Crippen LogP contribution in [0.1, 0.15) is 40.8 Å². The van der Waals surface area contributed by atoms with Crippen LogP contribution in [-0.4, -0.2) is 15.9 Å². The molecule has 3 aromatic rings. The monoisotopic (exact) mass is 401 g/mol. The third kappa shape index (κ3) is 3.73. The first kappa shape index (κ1) is 19.9. The van der Waals surface area contributed by atoms with Gasteiger partial charge in [-0.3, -0.25) is 4.79 Å². The summed E-state index contributed by atoms with van der Waals surface area (Å²) in [4.78, 5) is 14.7. The molecule has 1 heterocycles. The van der Waals surface area contributed by atoms with Crippen LogP contribution in [-0.2, 0) is 17.8 Å². The van der Waals surface area contributed by atoms with Gasteiger partial charge in [-0.1, -0.05) is 73.2 Å². The van der Waals surface area contributed by atoms with Gasteiger partial charge in [-0.15, -0.1) is 0 Å². The van der Waals surface area contributed by atoms with Crippen molar-refractivity contribution >= 4 is 11.5 Å². The van der Waals surface area contributed by atoms with Crippen LogP contribution in [0, 0.1) is 12.7 Å². The second-order valence-corrected chi connectivity index (χ2v) is 7.69. The average molecular weight is 401 g/mol. The molecular formula is C26H24FNO2. The molecule has 0 saturated carbocycles. The third-order valence-electron chi connectivity index (χ3n) is 5.64. The van der Waals surface area contributed by atoms with Crippen LogP contribution < -0.4 is 0 Å². The van der Waals surface area contributed by atoms with Crippen molar-refractivity contribution in [3.8, 4) is 0 Å². The van der Waals surface area contributed by atoms with Gasteiger partial charge in [0, 0.05) is 12.1 Å². The van der Waals surface area contributed by atoms with Crippen LogP contribution in [0.5, 0.6) is 0 Å². The van der Waals surface area contributed by atoms with Crippen molar-refractivity contribution in [2.24, 2.45) is 0 Å². The lowest BCUT2D eigenvalue weighted by atomic mass is 9.92. The molecule has 0 saturated heterocycles. The lowest BCUT2D eigenvalue weighted by molar-refractivity contribution is -0.130. The number of benzene rings is 3. The fraction of sp³-hybridized carbons (Fsp3) is 0.192. The molecule has 3 nitrogen and oxygen atoms in total. The van der Waals surface area contributed by atoms with Gasteiger partial charge in [0.1, 0.15) is 5.82 Å². The number of hydrogen-bond donors (Lipinski definition) is 1. The van der Waals surface area contributed by atoms with Crippen molar-refractivity contribution in [2.75, 3.05) is 0 Å². The number of carbonyl (C=O) groups excluding carboxylic acids is 1. The minimum atomic E-state index is -0.420. The number of hydrogen-bond acceptors (Lipinski definition) is 2. The summed E-state index contributed by atoms with van der Waals surface area (Å²) in [7, 11) is 0. The summed E-state index contributed by atoms with van der Waals surface area (Å²) >= 11 is 0. The Labute approximate surface area is 176 Å². The highest BCUT2D eigenvalue weighted by molar-refractivity contribution is 6.05. The Morgan fingerprint density at radius 1 is 0.900 bits per heavy atom. The van der Waals surface area contributed by atoms with Gasteiger partial charge in [-0.2, -0.15) is 0 Å². The first-order valence-electron chi connectivity index (χ1n) is 10.1. The molecule has 0 radical (unpaired) electrons. The topological polar surface area (TPSA) is 40.5 Å². The minimum Gasteiger partial charge on any atom is -0.503 e. The van der Waals surface area contributed by atoms with Gasteiger partial charge in [0.25, 0.3) is 5.91 Å². The summed E-state index contributed by atoms with van der Waals surface area (Å²) in [6.45, 7) is 4.37. The first-order chi connectivity index (χ1) is 14.5. The number of aliphatic hydroxyl groups excluding tert-OH is 1. The van der Waals surface area contributed by atoms with E-state index < -0.39 is 11.9 Å². The van der Waals surface area contributed by atoms with Crippen LogP contribution in [0.25, 0.3) is 5.57 Å². The van der Waals surface area contributed by atoms with Gasteiger partial charge in [0.2, 0.25) is 0 Å². The Hall–Kier alpha value is -3.40. The molecule has 4 rings (SSSR count). The average Bonchev–Trinajstić information content (AvgIpc) is 3.01. The van der Waals surface area contributed by atoms with E-state index in [0.717, 1.165) is 28.7 Å². The zero-order valence-corrected chi connectivity index (χ0v) is 17.1. The summed E-state index contributed by atoms with van der Waals surface area (Å²) in [5.74, 6) is -0.968. The van der Waals surface area contributed by atoms with Gasteiger partial charge in [-0.05, 0) is 47.7 Å². The van der Waals surface area contributed by atoms with Gasteiger partial charge in [0.05, 0.1) is 6.04 Å². The molecule has 1 aliphatic rings. The van der Waals surface area contributed by atoms with Crippen molar-refractivity contribution < 1.29 is 14.3 Å². The van der Waals surface area contributed by atoms with Crippen molar-refractivity contribution in [1.29, 1.82) is 0 Å². The molecule has 0 bridgehead atoms. The van der Waals surface area contributed by atoms with Gasteiger partial charge in [-0.25, -0.2) is 4.39 Å². The summed E-state index contributed by atoms with van der Waals surface area (Å²) in [5, 5.41) is 10.8. The molecule has 4 heteroatoms. The molecule has 0 spiro atoms. The Morgan fingerprint density at radius 3 is 2.10 bits per heavy atom. The highest BCUT2D eigenvalue weighted by atomic mass is 19.1. The zero-order chi connectivity index (χ0) is 21.3. The van der Waals surface area contributed by atoms with E-state index in [1.807, 2.05) is 43.3 Å². The number of amides is 1. The minimum absolute atomic E-state index is 0.231. The molecule has 30 heavy (non-hydrogen) atoms. The largest absolute Gasteiger partial charge is 0.503 e. The van der Waals surface area contributed by atoms with E-state index in [9.17, 15) is 14.3 Å². The molecule has 3 aromatic carbocycles. The zero-order valence-electron chi connectivity index (χ0n) is 17.1. The molecule has 1 amide bonds. The fourth-order valence-corrected chi connectivity index (χ4v) is 3.91. The van der Waals surface area contributed by atoms with E-state index >= 15 is 0 Å². The van der Waals surface area contributed by atoms with E-state index in [2.05, 4.69) is 19.1 Å². The summed E-state index contributed by atoms with van der Waals surface area (Å²) in [6, 6.07) is 21.6. The third-order valence-corrected chi connectivity index (χ3v) is 5.64. The molecule has 152 valence electrons. The standard InChI is InChI=1S/C26H24FNO2/c1-3-18-6-12-21(13-7-18)24-23(20-10-4-17(2)5-11-20)25(29)26(30)28(24)16-19-8-14-22(27)15-9-19/h4-15,24,29H,3,16H2,1-2H3/t24-/m1/s1. The molecule has 1 aliphatic heterocycles. The van der Waals surface area contributed by atoms with E-state index in [-0.39, 0.29) is 18.1 Å². The van der Waals surface area contributed by atoms with E-state index in [4.69, 9.17) is 0 Å². The lowest BCUT2D eigenvalue weighted by Gasteiger charge is -2.27. The van der Waals surface area contributed by atoms with Crippen molar-refractivity contribution in [3.05, 3.63) is 112 Å². The normalized spacial score (nSPS) is 16.4. The molecule has 0 aliphatic carbocycles. The maximum Gasteiger partial charge on any atom is 0.290 e. The van der Waals surface area contributed by atoms with Crippen molar-refractivity contribution in [3.63, 3.8) is 0 Å². The lowest BCUT2D eigenvalue weighted by Crippen LogP contribution is -2.29.